The molecule has 1 fully saturated rings. The lowest BCUT2D eigenvalue weighted by molar-refractivity contribution is -0.0437. The molecule has 108 valence electrons. The molecule has 0 spiro atoms. The van der Waals surface area contributed by atoms with Crippen LogP contribution in [0.4, 0.5) is 0 Å². The molecule has 0 saturated heterocycles. The summed E-state index contributed by atoms with van der Waals surface area (Å²) in [6.07, 6.45) is 10.0. The number of hydrogen-bond donors (Lipinski definition) is 1. The first kappa shape index (κ1) is 16.0. The van der Waals surface area contributed by atoms with Gasteiger partial charge in [-0.25, -0.2) is 0 Å². The van der Waals surface area contributed by atoms with Gasteiger partial charge in [-0.3, -0.25) is 0 Å². The highest BCUT2D eigenvalue weighted by atomic mass is 16.5. The normalized spacial score (nSPS) is 26.5. The SMILES string of the molecule is CCCC(CNC(C)C)OC1CCCC(CC)C1. The minimum atomic E-state index is 0.415. The fourth-order valence-corrected chi connectivity index (χ4v) is 2.92. The van der Waals surface area contributed by atoms with Crippen molar-refractivity contribution in [2.75, 3.05) is 6.54 Å². The maximum Gasteiger partial charge on any atom is 0.0703 e. The van der Waals surface area contributed by atoms with Gasteiger partial charge in [0.05, 0.1) is 12.2 Å². The van der Waals surface area contributed by atoms with Gasteiger partial charge in [-0.2, -0.15) is 0 Å². The van der Waals surface area contributed by atoms with Crippen LogP contribution in [0.3, 0.4) is 0 Å². The first-order chi connectivity index (χ1) is 8.65. The molecule has 2 heteroatoms. The van der Waals surface area contributed by atoms with Crippen molar-refractivity contribution in [1.29, 1.82) is 0 Å². The van der Waals surface area contributed by atoms with Crippen LogP contribution in [-0.2, 0) is 4.74 Å². The summed E-state index contributed by atoms with van der Waals surface area (Å²) in [5.41, 5.74) is 0. The topological polar surface area (TPSA) is 21.3 Å². The lowest BCUT2D eigenvalue weighted by atomic mass is 9.85. The highest BCUT2D eigenvalue weighted by Gasteiger charge is 2.23. The van der Waals surface area contributed by atoms with Crippen LogP contribution in [0, 0.1) is 5.92 Å². The smallest absolute Gasteiger partial charge is 0.0703 e. The van der Waals surface area contributed by atoms with E-state index in [4.69, 9.17) is 4.74 Å². The zero-order chi connectivity index (χ0) is 13.4. The molecule has 0 aliphatic heterocycles. The first-order valence-electron chi connectivity index (χ1n) is 8.04. The third-order valence-electron chi connectivity index (χ3n) is 4.06. The maximum absolute atomic E-state index is 6.35. The standard InChI is InChI=1S/C16H33NO/c1-5-8-16(12-17-13(3)4)18-15-10-7-9-14(6-2)11-15/h13-17H,5-12H2,1-4H3. The largest absolute Gasteiger partial charge is 0.374 e. The van der Waals surface area contributed by atoms with E-state index in [1.54, 1.807) is 0 Å². The van der Waals surface area contributed by atoms with Crippen molar-refractivity contribution < 1.29 is 4.74 Å². The molecule has 1 saturated carbocycles. The molecular formula is C16H33NO. The molecule has 1 N–H and O–H groups in total. The molecule has 1 rings (SSSR count). The second-order valence-corrected chi connectivity index (χ2v) is 6.17. The maximum atomic E-state index is 6.35. The number of nitrogens with one attached hydrogen (secondary N) is 1. The Morgan fingerprint density at radius 2 is 2.00 bits per heavy atom. The molecular weight excluding hydrogens is 222 g/mol. The van der Waals surface area contributed by atoms with Gasteiger partial charge in [-0.05, 0) is 25.2 Å². The molecule has 0 radical (unpaired) electrons. The molecule has 3 unspecified atom stereocenters. The Morgan fingerprint density at radius 3 is 2.61 bits per heavy atom. The Morgan fingerprint density at radius 1 is 1.22 bits per heavy atom. The highest BCUT2D eigenvalue weighted by Crippen LogP contribution is 2.29. The van der Waals surface area contributed by atoms with Crippen LogP contribution >= 0.6 is 0 Å². The van der Waals surface area contributed by atoms with Gasteiger partial charge in [-0.15, -0.1) is 0 Å². The van der Waals surface area contributed by atoms with Crippen LogP contribution in [0.1, 0.15) is 72.6 Å². The third kappa shape index (κ3) is 6.19. The summed E-state index contributed by atoms with van der Waals surface area (Å²) in [6.45, 7) is 9.99. The monoisotopic (exact) mass is 255 g/mol. The van der Waals surface area contributed by atoms with Gasteiger partial charge < -0.3 is 10.1 Å². The zero-order valence-corrected chi connectivity index (χ0v) is 12.9. The summed E-state index contributed by atoms with van der Waals surface area (Å²) < 4.78 is 6.35. The Hall–Kier alpha value is -0.0800. The third-order valence-corrected chi connectivity index (χ3v) is 4.06. The fraction of sp³-hybridized carbons (Fsp3) is 1.00. The molecule has 0 amide bonds. The van der Waals surface area contributed by atoms with E-state index in [0.717, 1.165) is 12.5 Å². The second-order valence-electron chi connectivity index (χ2n) is 6.17. The summed E-state index contributed by atoms with van der Waals surface area (Å²) in [7, 11) is 0. The van der Waals surface area contributed by atoms with E-state index >= 15 is 0 Å². The molecule has 18 heavy (non-hydrogen) atoms. The van der Waals surface area contributed by atoms with E-state index in [9.17, 15) is 0 Å². The van der Waals surface area contributed by atoms with E-state index in [-0.39, 0.29) is 0 Å². The van der Waals surface area contributed by atoms with Crippen molar-refractivity contribution in [3.05, 3.63) is 0 Å². The Balaban J connectivity index is 2.34. The van der Waals surface area contributed by atoms with E-state index in [1.165, 1.54) is 44.9 Å². The van der Waals surface area contributed by atoms with Crippen LogP contribution in [0.5, 0.6) is 0 Å². The van der Waals surface area contributed by atoms with Crippen molar-refractivity contribution in [1.82, 2.24) is 5.32 Å². The minimum absolute atomic E-state index is 0.415. The Kier molecular flexibility index (Phi) is 7.92. The summed E-state index contributed by atoms with van der Waals surface area (Å²) in [5, 5.41) is 3.52. The number of ether oxygens (including phenoxy) is 1. The zero-order valence-electron chi connectivity index (χ0n) is 12.9. The van der Waals surface area contributed by atoms with Crippen molar-refractivity contribution >= 4 is 0 Å². The van der Waals surface area contributed by atoms with Crippen molar-refractivity contribution in [3.8, 4) is 0 Å². The fourth-order valence-electron chi connectivity index (χ4n) is 2.92. The molecule has 0 heterocycles. The van der Waals surface area contributed by atoms with Crippen LogP contribution in [0.15, 0.2) is 0 Å². The summed E-state index contributed by atoms with van der Waals surface area (Å²) in [5.74, 6) is 0.907. The molecule has 2 nitrogen and oxygen atoms in total. The van der Waals surface area contributed by atoms with Gasteiger partial charge in [0.1, 0.15) is 0 Å². The lowest BCUT2D eigenvalue weighted by Gasteiger charge is -2.32. The van der Waals surface area contributed by atoms with E-state index in [1.807, 2.05) is 0 Å². The summed E-state index contributed by atoms with van der Waals surface area (Å²) >= 11 is 0. The van der Waals surface area contributed by atoms with Crippen molar-refractivity contribution in [2.45, 2.75) is 90.9 Å². The van der Waals surface area contributed by atoms with Gasteiger partial charge in [0, 0.05) is 12.6 Å². The quantitative estimate of drug-likeness (QED) is 0.704. The van der Waals surface area contributed by atoms with Crippen molar-refractivity contribution in [2.24, 2.45) is 5.92 Å². The average molecular weight is 255 g/mol. The predicted molar refractivity (Wildman–Crippen MR) is 79.0 cm³/mol. The van der Waals surface area contributed by atoms with Gasteiger partial charge in [0.2, 0.25) is 0 Å². The van der Waals surface area contributed by atoms with Gasteiger partial charge >= 0.3 is 0 Å². The van der Waals surface area contributed by atoms with Crippen LogP contribution < -0.4 is 5.32 Å². The van der Waals surface area contributed by atoms with Crippen LogP contribution in [0.2, 0.25) is 0 Å². The lowest BCUT2D eigenvalue weighted by Crippen LogP contribution is -2.37. The molecule has 0 aromatic carbocycles. The predicted octanol–water partition coefficient (Wildman–Crippen LogP) is 4.14. The van der Waals surface area contributed by atoms with Gasteiger partial charge in [-0.1, -0.05) is 53.4 Å². The molecule has 0 aromatic rings. The van der Waals surface area contributed by atoms with Crippen molar-refractivity contribution in [3.63, 3.8) is 0 Å². The van der Waals surface area contributed by atoms with Crippen LogP contribution in [-0.4, -0.2) is 24.8 Å². The summed E-state index contributed by atoms with van der Waals surface area (Å²) in [4.78, 5) is 0. The molecule has 0 aromatic heterocycles. The Labute approximate surface area is 114 Å². The van der Waals surface area contributed by atoms with Gasteiger partial charge in [0.15, 0.2) is 0 Å². The highest BCUT2D eigenvalue weighted by molar-refractivity contribution is 4.75. The first-order valence-corrected chi connectivity index (χ1v) is 8.04. The molecule has 1 aliphatic carbocycles. The second kappa shape index (κ2) is 8.92. The molecule has 3 atom stereocenters. The van der Waals surface area contributed by atoms with E-state index < -0.39 is 0 Å². The molecule has 1 aliphatic rings. The van der Waals surface area contributed by atoms with Crippen LogP contribution in [0.25, 0.3) is 0 Å². The molecule has 0 bridgehead atoms. The van der Waals surface area contributed by atoms with Gasteiger partial charge in [0.25, 0.3) is 0 Å². The minimum Gasteiger partial charge on any atom is -0.374 e. The number of rotatable bonds is 8. The van der Waals surface area contributed by atoms with E-state index in [0.29, 0.717) is 18.2 Å². The average Bonchev–Trinajstić information content (AvgIpc) is 2.36. The Bertz CT molecular complexity index is 205. The van der Waals surface area contributed by atoms with E-state index in [2.05, 4.69) is 33.0 Å². The summed E-state index contributed by atoms with van der Waals surface area (Å²) in [6, 6.07) is 0.558. The number of hydrogen-bond acceptors (Lipinski definition) is 2.